The van der Waals surface area contributed by atoms with E-state index >= 15 is 0 Å². The maximum absolute atomic E-state index is 6.12. The Balaban J connectivity index is 1.86. The van der Waals surface area contributed by atoms with Crippen molar-refractivity contribution in [1.29, 1.82) is 0 Å². The molecule has 0 radical (unpaired) electrons. The number of rotatable bonds is 5. The lowest BCUT2D eigenvalue weighted by molar-refractivity contribution is 0.416. The van der Waals surface area contributed by atoms with Gasteiger partial charge >= 0.3 is 0 Å². The summed E-state index contributed by atoms with van der Waals surface area (Å²) in [5.41, 5.74) is 4.18. The minimum Gasteiger partial charge on any atom is -0.496 e. The van der Waals surface area contributed by atoms with Gasteiger partial charge in [-0.3, -0.25) is 0 Å². The quantitative estimate of drug-likeness (QED) is 0.579. The summed E-state index contributed by atoms with van der Waals surface area (Å²) in [6, 6.07) is 21.6. The molecule has 0 atom stereocenters. The predicted octanol–water partition coefficient (Wildman–Crippen LogP) is 6.28. The minimum absolute atomic E-state index is 0.692. The molecule has 0 saturated carbocycles. The second-order valence-corrected chi connectivity index (χ2v) is 6.28. The molecule has 3 rings (SSSR count). The summed E-state index contributed by atoms with van der Waals surface area (Å²) >= 11 is 12.1. The number of anilines is 1. The molecular weight excluding hydrogens is 341 g/mol. The van der Waals surface area contributed by atoms with Crippen LogP contribution in [-0.2, 0) is 6.54 Å². The second-order valence-electron chi connectivity index (χ2n) is 5.41. The van der Waals surface area contributed by atoms with Gasteiger partial charge in [-0.15, -0.1) is 0 Å². The number of ether oxygens (including phenoxy) is 1. The van der Waals surface area contributed by atoms with Crippen molar-refractivity contribution < 1.29 is 4.74 Å². The first-order valence-electron chi connectivity index (χ1n) is 7.58. The van der Waals surface area contributed by atoms with Gasteiger partial charge in [0.25, 0.3) is 0 Å². The summed E-state index contributed by atoms with van der Waals surface area (Å²) in [4.78, 5) is 0. The summed E-state index contributed by atoms with van der Waals surface area (Å²) < 4.78 is 5.49. The van der Waals surface area contributed by atoms with Gasteiger partial charge in [-0.05, 0) is 53.6 Å². The van der Waals surface area contributed by atoms with Gasteiger partial charge in [0.15, 0.2) is 0 Å². The first-order valence-corrected chi connectivity index (χ1v) is 8.33. The normalized spacial score (nSPS) is 10.5. The highest BCUT2D eigenvalue weighted by atomic mass is 35.5. The molecule has 0 fully saturated rings. The maximum atomic E-state index is 6.12. The number of hydrogen-bond acceptors (Lipinski definition) is 2. The van der Waals surface area contributed by atoms with Crippen LogP contribution in [0.4, 0.5) is 5.69 Å². The third kappa shape index (κ3) is 4.02. The molecular formula is C20H17Cl2NO. The van der Waals surface area contributed by atoms with Gasteiger partial charge in [0.2, 0.25) is 0 Å². The van der Waals surface area contributed by atoms with Crippen molar-refractivity contribution in [3.63, 3.8) is 0 Å². The molecule has 0 aliphatic carbocycles. The van der Waals surface area contributed by atoms with Crippen LogP contribution in [0, 0.1) is 0 Å². The molecule has 4 heteroatoms. The fourth-order valence-corrected chi connectivity index (χ4v) is 2.93. The van der Waals surface area contributed by atoms with E-state index in [4.69, 9.17) is 27.9 Å². The van der Waals surface area contributed by atoms with E-state index in [9.17, 15) is 0 Å². The van der Waals surface area contributed by atoms with Crippen LogP contribution in [0.1, 0.15) is 5.56 Å². The van der Waals surface area contributed by atoms with Gasteiger partial charge in [0, 0.05) is 27.8 Å². The zero-order valence-corrected chi connectivity index (χ0v) is 14.7. The number of halogens is 2. The van der Waals surface area contributed by atoms with Crippen molar-refractivity contribution >= 4 is 28.9 Å². The van der Waals surface area contributed by atoms with Crippen LogP contribution in [0.5, 0.6) is 5.75 Å². The second kappa shape index (κ2) is 7.61. The monoisotopic (exact) mass is 357 g/mol. The van der Waals surface area contributed by atoms with Gasteiger partial charge in [0.1, 0.15) is 5.75 Å². The van der Waals surface area contributed by atoms with Crippen LogP contribution in [0.2, 0.25) is 10.0 Å². The fraction of sp³-hybridized carbons (Fsp3) is 0.100. The van der Waals surface area contributed by atoms with Crippen LogP contribution in [-0.4, -0.2) is 7.11 Å². The highest BCUT2D eigenvalue weighted by Crippen LogP contribution is 2.32. The van der Waals surface area contributed by atoms with E-state index in [2.05, 4.69) is 11.4 Å². The Kier molecular flexibility index (Phi) is 5.29. The van der Waals surface area contributed by atoms with E-state index < -0.39 is 0 Å². The van der Waals surface area contributed by atoms with Crippen molar-refractivity contribution in [1.82, 2.24) is 0 Å². The van der Waals surface area contributed by atoms with Gasteiger partial charge in [-0.25, -0.2) is 0 Å². The number of benzene rings is 3. The summed E-state index contributed by atoms with van der Waals surface area (Å²) in [7, 11) is 1.67. The fourth-order valence-electron chi connectivity index (χ4n) is 2.55. The number of methoxy groups -OCH3 is 1. The molecule has 3 aromatic carbocycles. The summed E-state index contributed by atoms with van der Waals surface area (Å²) in [6.07, 6.45) is 0. The van der Waals surface area contributed by atoms with Crippen LogP contribution in [0.25, 0.3) is 11.1 Å². The third-order valence-corrected chi connectivity index (χ3v) is 4.19. The Bertz CT molecular complexity index is 849. The summed E-state index contributed by atoms with van der Waals surface area (Å²) in [6.45, 7) is 0.692. The van der Waals surface area contributed by atoms with Crippen molar-refractivity contribution in [3.05, 3.63) is 82.3 Å². The molecule has 122 valence electrons. The molecule has 0 saturated heterocycles. The Morgan fingerprint density at radius 3 is 2.33 bits per heavy atom. The van der Waals surface area contributed by atoms with Crippen molar-refractivity contribution in [2.75, 3.05) is 12.4 Å². The van der Waals surface area contributed by atoms with E-state index in [1.165, 1.54) is 0 Å². The highest BCUT2D eigenvalue weighted by molar-refractivity contribution is 6.31. The first kappa shape index (κ1) is 16.7. The average molecular weight is 358 g/mol. The Hall–Kier alpha value is -2.16. The van der Waals surface area contributed by atoms with Crippen LogP contribution in [0.15, 0.2) is 66.7 Å². The molecule has 0 amide bonds. The molecule has 1 N–H and O–H groups in total. The van der Waals surface area contributed by atoms with Crippen molar-refractivity contribution in [2.24, 2.45) is 0 Å². The first-order chi connectivity index (χ1) is 11.7. The lowest BCUT2D eigenvalue weighted by atomic mass is 10.0. The maximum Gasteiger partial charge on any atom is 0.126 e. The smallest absolute Gasteiger partial charge is 0.126 e. The molecule has 0 bridgehead atoms. The largest absolute Gasteiger partial charge is 0.496 e. The van der Waals surface area contributed by atoms with E-state index in [0.717, 1.165) is 28.1 Å². The molecule has 0 aliphatic rings. The lowest BCUT2D eigenvalue weighted by Crippen LogP contribution is -2.00. The van der Waals surface area contributed by atoms with Crippen LogP contribution < -0.4 is 10.1 Å². The Morgan fingerprint density at radius 2 is 1.62 bits per heavy atom. The lowest BCUT2D eigenvalue weighted by Gasteiger charge is -2.13. The Morgan fingerprint density at radius 1 is 0.875 bits per heavy atom. The van der Waals surface area contributed by atoms with Gasteiger partial charge in [0.05, 0.1) is 7.11 Å². The van der Waals surface area contributed by atoms with Gasteiger partial charge in [-0.1, -0.05) is 47.5 Å². The Labute approximate surface area is 152 Å². The van der Waals surface area contributed by atoms with Gasteiger partial charge < -0.3 is 10.1 Å². The number of hydrogen-bond donors (Lipinski definition) is 1. The number of nitrogens with one attached hydrogen (secondary N) is 1. The summed E-state index contributed by atoms with van der Waals surface area (Å²) in [5.74, 6) is 0.823. The summed E-state index contributed by atoms with van der Waals surface area (Å²) in [5, 5.41) is 4.80. The average Bonchev–Trinajstić information content (AvgIpc) is 2.60. The van der Waals surface area contributed by atoms with E-state index in [-0.39, 0.29) is 0 Å². The topological polar surface area (TPSA) is 21.3 Å². The standard InChI is InChI=1S/C20H17Cl2NO/c1-24-20-9-8-14(13-23-18-7-3-6-17(22)12-18)10-19(20)15-4-2-5-16(21)11-15/h2-12,23H,13H2,1H3. The molecule has 24 heavy (non-hydrogen) atoms. The SMILES string of the molecule is COc1ccc(CNc2cccc(Cl)c2)cc1-c1cccc(Cl)c1. The molecule has 2 nitrogen and oxygen atoms in total. The van der Waals surface area contributed by atoms with Crippen molar-refractivity contribution in [3.8, 4) is 16.9 Å². The molecule has 0 aromatic heterocycles. The molecule has 0 heterocycles. The zero-order valence-electron chi connectivity index (χ0n) is 13.2. The molecule has 0 unspecified atom stereocenters. The predicted molar refractivity (Wildman–Crippen MR) is 102 cm³/mol. The minimum atomic E-state index is 0.692. The van der Waals surface area contributed by atoms with Crippen molar-refractivity contribution in [2.45, 2.75) is 6.54 Å². The van der Waals surface area contributed by atoms with E-state index in [1.807, 2.05) is 60.7 Å². The molecule has 0 spiro atoms. The third-order valence-electron chi connectivity index (χ3n) is 3.72. The molecule has 3 aromatic rings. The highest BCUT2D eigenvalue weighted by Gasteiger charge is 2.08. The van der Waals surface area contributed by atoms with E-state index in [1.54, 1.807) is 7.11 Å². The van der Waals surface area contributed by atoms with Crippen LogP contribution in [0.3, 0.4) is 0 Å². The molecule has 0 aliphatic heterocycles. The zero-order chi connectivity index (χ0) is 16.9. The van der Waals surface area contributed by atoms with Gasteiger partial charge in [-0.2, -0.15) is 0 Å². The van der Waals surface area contributed by atoms with Crippen LogP contribution >= 0.6 is 23.2 Å². The van der Waals surface area contributed by atoms with E-state index in [0.29, 0.717) is 16.6 Å².